The summed E-state index contributed by atoms with van der Waals surface area (Å²) in [5.74, 6) is 0.0916. The van der Waals surface area contributed by atoms with Gasteiger partial charge in [-0.05, 0) is 36.8 Å². The smallest absolute Gasteiger partial charge is 0.347 e. The van der Waals surface area contributed by atoms with Crippen LogP contribution in [0, 0.1) is 10.4 Å². The predicted molar refractivity (Wildman–Crippen MR) is 73.6 cm³/mol. The van der Waals surface area contributed by atoms with Crippen LogP contribution in [-0.2, 0) is 12.8 Å². The molecule has 7 nitrogen and oxygen atoms in total. The summed E-state index contributed by atoms with van der Waals surface area (Å²) < 4.78 is 0. The molecular weight excluding hydrogens is 260 g/mol. The first-order chi connectivity index (χ1) is 9.70. The number of aliphatic hydroxyl groups excluding tert-OH is 1. The van der Waals surface area contributed by atoms with Crippen molar-refractivity contribution in [2.24, 2.45) is 4.99 Å². The van der Waals surface area contributed by atoms with Crippen LogP contribution in [0.1, 0.15) is 24.0 Å². The van der Waals surface area contributed by atoms with Crippen molar-refractivity contribution < 1.29 is 15.3 Å². The fourth-order valence-corrected chi connectivity index (χ4v) is 2.73. The Hall–Kier alpha value is -1.51. The van der Waals surface area contributed by atoms with Crippen molar-refractivity contribution in [1.29, 1.82) is 0 Å². The quantitative estimate of drug-likeness (QED) is 0.398. The van der Waals surface area contributed by atoms with Gasteiger partial charge in [-0.15, -0.1) is 0 Å². The van der Waals surface area contributed by atoms with E-state index in [1.54, 1.807) is 0 Å². The second-order valence-electron chi connectivity index (χ2n) is 5.11. The lowest BCUT2D eigenvalue weighted by molar-refractivity contribution is -0.851. The molecule has 0 fully saturated rings. The van der Waals surface area contributed by atoms with Crippen molar-refractivity contribution >= 4 is 17.3 Å². The molecule has 7 heteroatoms. The number of rotatable bonds is 3. The van der Waals surface area contributed by atoms with Crippen LogP contribution < -0.4 is 15.7 Å². The summed E-state index contributed by atoms with van der Waals surface area (Å²) in [4.78, 5) is 4.07. The first kappa shape index (κ1) is 13.5. The fourth-order valence-electron chi connectivity index (χ4n) is 2.73. The minimum atomic E-state index is -0.267. The van der Waals surface area contributed by atoms with Crippen LogP contribution in [-0.4, -0.2) is 24.2 Å². The van der Waals surface area contributed by atoms with E-state index in [2.05, 4.69) is 10.4 Å². The highest BCUT2D eigenvalue weighted by Crippen LogP contribution is 2.28. The Bertz CT molecular complexity index is 547. The molecule has 0 amide bonds. The molecule has 0 aromatic heterocycles. The molecule has 1 aromatic carbocycles. The molecule has 20 heavy (non-hydrogen) atoms. The Labute approximate surface area is 116 Å². The molecule has 0 spiro atoms. The highest BCUT2D eigenvalue weighted by atomic mass is 16.6. The monoisotopic (exact) mass is 278 g/mol. The average molecular weight is 278 g/mol. The topological polar surface area (TPSA) is 99.6 Å². The molecule has 1 aromatic rings. The maximum atomic E-state index is 12.3. The number of fused-ring (bicyclic) bond motifs is 2. The van der Waals surface area contributed by atoms with Crippen LogP contribution in [0.15, 0.2) is 17.1 Å². The number of quaternary nitrogens is 2. The zero-order chi connectivity index (χ0) is 14.1. The number of hydroxylamine groups is 1. The van der Waals surface area contributed by atoms with Gasteiger partial charge in [0.05, 0.1) is 0 Å². The Morgan fingerprint density at radius 2 is 1.90 bits per heavy atom. The maximum Gasteiger partial charge on any atom is 0.347 e. The van der Waals surface area contributed by atoms with Crippen molar-refractivity contribution in [2.45, 2.75) is 25.7 Å². The van der Waals surface area contributed by atoms with Crippen LogP contribution in [0.4, 0.5) is 11.4 Å². The Kier molecular flexibility index (Phi) is 3.68. The lowest BCUT2D eigenvalue weighted by atomic mass is 10.1. The van der Waals surface area contributed by atoms with Crippen molar-refractivity contribution in [1.82, 2.24) is 5.43 Å². The number of nitrogens with one attached hydrogen (secondary N) is 3. The molecule has 2 aliphatic rings. The SMILES string of the molecule is [O-][NH+]1NC(=NCCCO)[NH+]([O-])c2cc3c(cc21)CCC3. The van der Waals surface area contributed by atoms with Gasteiger partial charge in [0.15, 0.2) is 0 Å². The van der Waals surface area contributed by atoms with Gasteiger partial charge in [0.25, 0.3) is 0 Å². The molecule has 1 aliphatic heterocycles. The van der Waals surface area contributed by atoms with Crippen LogP contribution >= 0.6 is 0 Å². The van der Waals surface area contributed by atoms with Gasteiger partial charge in [0.2, 0.25) is 11.4 Å². The van der Waals surface area contributed by atoms with E-state index in [1.807, 2.05) is 12.1 Å². The minimum Gasteiger partial charge on any atom is -0.621 e. The molecule has 1 aliphatic carbocycles. The number of hydrogen-bond acceptors (Lipinski definition) is 4. The van der Waals surface area contributed by atoms with Crippen LogP contribution in [0.3, 0.4) is 0 Å². The highest BCUT2D eigenvalue weighted by molar-refractivity contribution is 5.76. The Balaban J connectivity index is 1.93. The molecule has 2 unspecified atom stereocenters. The largest absolute Gasteiger partial charge is 0.621 e. The van der Waals surface area contributed by atoms with Crippen molar-refractivity contribution in [3.8, 4) is 0 Å². The van der Waals surface area contributed by atoms with E-state index in [0.717, 1.165) is 19.3 Å². The highest BCUT2D eigenvalue weighted by Gasteiger charge is 2.31. The molecule has 108 valence electrons. The number of hydrogen-bond donors (Lipinski definition) is 4. The third-order valence-electron chi connectivity index (χ3n) is 3.75. The first-order valence-electron chi connectivity index (χ1n) is 6.88. The van der Waals surface area contributed by atoms with Gasteiger partial charge in [-0.3, -0.25) is 5.06 Å². The van der Waals surface area contributed by atoms with E-state index in [4.69, 9.17) is 5.11 Å². The third kappa shape index (κ3) is 2.30. The van der Waals surface area contributed by atoms with Crippen LogP contribution in [0.5, 0.6) is 0 Å². The van der Waals surface area contributed by atoms with E-state index in [1.165, 1.54) is 11.1 Å². The van der Waals surface area contributed by atoms with Gasteiger partial charge in [0, 0.05) is 25.3 Å². The lowest BCUT2D eigenvalue weighted by Gasteiger charge is -2.34. The van der Waals surface area contributed by atoms with Crippen LogP contribution in [0.25, 0.3) is 0 Å². The normalized spacial score (nSPS) is 26.2. The van der Waals surface area contributed by atoms with Gasteiger partial charge in [0.1, 0.15) is 0 Å². The van der Waals surface area contributed by atoms with E-state index in [9.17, 15) is 10.4 Å². The second kappa shape index (κ2) is 5.47. The standard InChI is InChI=1S/C13H18N4O3/c18-6-2-5-14-13-15-17(20)12-8-10-4-1-3-9(10)7-11(12)16(13)19/h7-8,16-18H,1-6H2,(H,14,15). The van der Waals surface area contributed by atoms with Crippen molar-refractivity contribution in [3.63, 3.8) is 0 Å². The van der Waals surface area contributed by atoms with Crippen LogP contribution in [0.2, 0.25) is 0 Å². The lowest BCUT2D eigenvalue weighted by Crippen LogP contribution is -3.24. The molecule has 3 rings (SSSR count). The number of guanidine groups is 1. The Morgan fingerprint density at radius 3 is 2.60 bits per heavy atom. The van der Waals surface area contributed by atoms with Gasteiger partial charge >= 0.3 is 5.96 Å². The van der Waals surface area contributed by atoms with E-state index < -0.39 is 0 Å². The molecule has 1 heterocycles. The summed E-state index contributed by atoms with van der Waals surface area (Å²) in [5, 5.41) is 32.7. The number of benzene rings is 1. The zero-order valence-corrected chi connectivity index (χ0v) is 11.1. The number of nitrogens with zero attached hydrogens (tertiary/aromatic N) is 1. The average Bonchev–Trinajstić information content (AvgIpc) is 2.90. The number of aliphatic imine (C=N–C) groups is 1. The number of aliphatic hydroxyl groups is 1. The molecule has 2 atom stereocenters. The Morgan fingerprint density at radius 1 is 1.20 bits per heavy atom. The molecule has 0 saturated heterocycles. The third-order valence-corrected chi connectivity index (χ3v) is 3.75. The van der Waals surface area contributed by atoms with Crippen molar-refractivity contribution in [2.75, 3.05) is 13.2 Å². The van der Waals surface area contributed by atoms with Gasteiger partial charge < -0.3 is 15.5 Å². The molecule has 4 N–H and O–H groups in total. The minimum absolute atomic E-state index is 0.0169. The predicted octanol–water partition coefficient (Wildman–Crippen LogP) is -1.54. The molecule has 0 bridgehead atoms. The van der Waals surface area contributed by atoms with Gasteiger partial charge in [-0.2, -0.15) is 5.43 Å². The fraction of sp³-hybridized carbons (Fsp3) is 0.462. The summed E-state index contributed by atoms with van der Waals surface area (Å²) in [5.41, 5.74) is 5.80. The molecular formula is C13H18N4O3. The first-order valence-corrected chi connectivity index (χ1v) is 6.88. The second-order valence-corrected chi connectivity index (χ2v) is 5.11. The summed E-state index contributed by atoms with van der Waals surface area (Å²) in [6.45, 7) is 0.348. The summed E-state index contributed by atoms with van der Waals surface area (Å²) in [7, 11) is 0. The molecule has 0 radical (unpaired) electrons. The van der Waals surface area contributed by atoms with Gasteiger partial charge in [-0.1, -0.05) is 0 Å². The summed E-state index contributed by atoms with van der Waals surface area (Å²) >= 11 is 0. The van der Waals surface area contributed by atoms with E-state index >= 15 is 0 Å². The van der Waals surface area contributed by atoms with E-state index in [0.29, 0.717) is 24.3 Å². The van der Waals surface area contributed by atoms with Gasteiger partial charge in [-0.25, -0.2) is 10.2 Å². The summed E-state index contributed by atoms with van der Waals surface area (Å²) in [6.07, 6.45) is 3.49. The number of aryl methyl sites for hydroxylation is 2. The molecule has 0 saturated carbocycles. The van der Waals surface area contributed by atoms with Crippen molar-refractivity contribution in [3.05, 3.63) is 33.7 Å². The zero-order valence-electron chi connectivity index (χ0n) is 11.1. The van der Waals surface area contributed by atoms with E-state index in [-0.39, 0.29) is 22.8 Å². The maximum absolute atomic E-state index is 12.3. The summed E-state index contributed by atoms with van der Waals surface area (Å²) in [6, 6.07) is 3.69.